The van der Waals surface area contributed by atoms with E-state index in [1.807, 2.05) is 0 Å². The zero-order valence-corrected chi connectivity index (χ0v) is 10.6. The Balaban J connectivity index is 2.47. The normalized spacial score (nSPS) is 11.9. The maximum atomic E-state index is 11.4. The minimum Gasteiger partial charge on any atom is -0.490 e. The first-order valence-electron chi connectivity index (χ1n) is 5.87. The van der Waals surface area contributed by atoms with Crippen molar-refractivity contribution in [3.63, 3.8) is 0 Å². The molecule has 18 heavy (non-hydrogen) atoms. The second-order valence-corrected chi connectivity index (χ2v) is 3.96. The van der Waals surface area contributed by atoms with E-state index in [9.17, 15) is 9.90 Å². The van der Waals surface area contributed by atoms with E-state index < -0.39 is 6.10 Å². The van der Waals surface area contributed by atoms with Crippen LogP contribution >= 0.6 is 0 Å². The van der Waals surface area contributed by atoms with E-state index in [1.54, 1.807) is 30.3 Å². The van der Waals surface area contributed by atoms with E-state index in [-0.39, 0.29) is 12.4 Å². The third-order valence-corrected chi connectivity index (χ3v) is 2.37. The molecule has 0 aliphatic heterocycles. The molecule has 4 heteroatoms. The predicted octanol–water partition coefficient (Wildman–Crippen LogP) is 1.40. The molecular weight excluding hydrogens is 230 g/mol. The summed E-state index contributed by atoms with van der Waals surface area (Å²) in [5.41, 5.74) is 0.531. The monoisotopic (exact) mass is 249 g/mol. The number of hydrogen-bond acceptors (Lipinski definition) is 4. The number of hydrogen-bond donors (Lipinski definition) is 2. The highest BCUT2D eigenvalue weighted by Crippen LogP contribution is 2.18. The molecule has 0 saturated carbocycles. The molecule has 98 valence electrons. The van der Waals surface area contributed by atoms with Gasteiger partial charge in [-0.1, -0.05) is 18.2 Å². The van der Waals surface area contributed by atoms with Gasteiger partial charge in [-0.2, -0.15) is 0 Å². The van der Waals surface area contributed by atoms with Crippen LogP contribution in [0.15, 0.2) is 36.9 Å². The number of ether oxygens (including phenoxy) is 1. The summed E-state index contributed by atoms with van der Waals surface area (Å²) in [7, 11) is 0. The largest absolute Gasteiger partial charge is 0.490 e. The number of benzene rings is 1. The quantitative estimate of drug-likeness (QED) is 0.415. The van der Waals surface area contributed by atoms with Gasteiger partial charge in [0.05, 0.1) is 5.56 Å². The number of ketones is 1. The Kier molecular flexibility index (Phi) is 6.11. The number of para-hydroxylation sites is 1. The van der Waals surface area contributed by atoms with Gasteiger partial charge < -0.3 is 15.2 Å². The fourth-order valence-electron chi connectivity index (χ4n) is 1.48. The average Bonchev–Trinajstić information content (AvgIpc) is 2.37. The third kappa shape index (κ3) is 4.69. The van der Waals surface area contributed by atoms with Crippen molar-refractivity contribution in [2.45, 2.75) is 13.0 Å². The summed E-state index contributed by atoms with van der Waals surface area (Å²) in [5.74, 6) is 0.456. The number of aliphatic hydroxyl groups is 1. The first-order valence-corrected chi connectivity index (χ1v) is 5.87. The van der Waals surface area contributed by atoms with Crippen LogP contribution in [0.25, 0.3) is 0 Å². The molecule has 2 N–H and O–H groups in total. The van der Waals surface area contributed by atoms with Crippen LogP contribution in [0.3, 0.4) is 0 Å². The molecule has 0 saturated heterocycles. The minimum absolute atomic E-state index is 0.0510. The van der Waals surface area contributed by atoms with Crippen LogP contribution in [-0.2, 0) is 0 Å². The summed E-state index contributed by atoms with van der Waals surface area (Å²) in [5, 5.41) is 12.7. The van der Waals surface area contributed by atoms with Crippen molar-refractivity contribution in [3.8, 4) is 5.75 Å². The highest BCUT2D eigenvalue weighted by molar-refractivity contribution is 5.96. The molecule has 0 fully saturated rings. The molecule has 0 aromatic heterocycles. The van der Waals surface area contributed by atoms with Crippen LogP contribution in [0.5, 0.6) is 5.75 Å². The fraction of sp³-hybridized carbons (Fsp3) is 0.357. The van der Waals surface area contributed by atoms with Gasteiger partial charge in [0.15, 0.2) is 5.78 Å². The lowest BCUT2D eigenvalue weighted by Gasteiger charge is -2.14. The second kappa shape index (κ2) is 7.63. The van der Waals surface area contributed by atoms with Crippen molar-refractivity contribution < 1.29 is 14.6 Å². The molecule has 0 aliphatic rings. The maximum Gasteiger partial charge on any atom is 0.163 e. The lowest BCUT2D eigenvalue weighted by atomic mass is 10.1. The molecule has 0 bridgehead atoms. The summed E-state index contributed by atoms with van der Waals surface area (Å²) in [4.78, 5) is 11.4. The summed E-state index contributed by atoms with van der Waals surface area (Å²) >= 11 is 0. The Morgan fingerprint density at radius 1 is 1.56 bits per heavy atom. The van der Waals surface area contributed by atoms with Crippen LogP contribution < -0.4 is 10.1 Å². The van der Waals surface area contributed by atoms with Crippen molar-refractivity contribution in [2.24, 2.45) is 0 Å². The van der Waals surface area contributed by atoms with Gasteiger partial charge in [0.2, 0.25) is 0 Å². The van der Waals surface area contributed by atoms with Gasteiger partial charge in [-0.15, -0.1) is 6.58 Å². The molecule has 0 spiro atoms. The van der Waals surface area contributed by atoms with E-state index in [2.05, 4.69) is 11.9 Å². The number of carbonyl (C=O) groups excluding carboxylic acids is 1. The topological polar surface area (TPSA) is 58.6 Å². The summed E-state index contributed by atoms with van der Waals surface area (Å²) in [6.07, 6.45) is 1.10. The Morgan fingerprint density at radius 3 is 2.94 bits per heavy atom. The molecule has 0 amide bonds. The van der Waals surface area contributed by atoms with Crippen molar-refractivity contribution in [3.05, 3.63) is 42.5 Å². The predicted molar refractivity (Wildman–Crippen MR) is 71.0 cm³/mol. The highest BCUT2D eigenvalue weighted by Gasteiger charge is 2.09. The Labute approximate surface area is 107 Å². The van der Waals surface area contributed by atoms with Gasteiger partial charge in [0.25, 0.3) is 0 Å². The van der Waals surface area contributed by atoms with Gasteiger partial charge in [0, 0.05) is 13.1 Å². The molecule has 4 nitrogen and oxygen atoms in total. The second-order valence-electron chi connectivity index (χ2n) is 3.96. The summed E-state index contributed by atoms with van der Waals surface area (Å²) in [6.45, 7) is 6.27. The fourth-order valence-corrected chi connectivity index (χ4v) is 1.48. The van der Waals surface area contributed by atoms with E-state index in [0.717, 1.165) is 0 Å². The first kappa shape index (κ1) is 14.4. The van der Waals surface area contributed by atoms with E-state index in [1.165, 1.54) is 6.92 Å². The molecule has 1 unspecified atom stereocenters. The number of rotatable bonds is 8. The smallest absolute Gasteiger partial charge is 0.163 e. The maximum absolute atomic E-state index is 11.4. The van der Waals surface area contributed by atoms with Crippen molar-refractivity contribution in [1.29, 1.82) is 0 Å². The first-order chi connectivity index (χ1) is 8.65. The molecule has 1 aromatic rings. The Hall–Kier alpha value is -1.65. The molecule has 1 aromatic carbocycles. The van der Waals surface area contributed by atoms with Gasteiger partial charge >= 0.3 is 0 Å². The van der Waals surface area contributed by atoms with Gasteiger partial charge in [-0.25, -0.2) is 0 Å². The summed E-state index contributed by atoms with van der Waals surface area (Å²) in [6, 6.07) is 7.01. The standard InChI is InChI=1S/C14H19NO3/c1-3-8-15-9-12(17)10-18-14-7-5-4-6-13(14)11(2)16/h3-7,12,15,17H,1,8-10H2,2H3. The van der Waals surface area contributed by atoms with E-state index in [0.29, 0.717) is 24.4 Å². The number of carbonyl (C=O) groups is 1. The number of nitrogens with one attached hydrogen (secondary N) is 1. The molecule has 0 aliphatic carbocycles. The molecular formula is C14H19NO3. The molecule has 0 heterocycles. The zero-order chi connectivity index (χ0) is 13.4. The molecule has 1 atom stereocenters. The van der Waals surface area contributed by atoms with Crippen molar-refractivity contribution >= 4 is 5.78 Å². The lowest BCUT2D eigenvalue weighted by molar-refractivity contribution is 0.0976. The third-order valence-electron chi connectivity index (χ3n) is 2.37. The average molecular weight is 249 g/mol. The van der Waals surface area contributed by atoms with Gasteiger partial charge in [0.1, 0.15) is 18.5 Å². The lowest BCUT2D eigenvalue weighted by Crippen LogP contribution is -2.31. The number of Topliss-reactive ketones (excluding diaryl/α,β-unsaturated/α-hetero) is 1. The molecule has 1 rings (SSSR count). The molecule has 0 radical (unpaired) electrons. The van der Waals surface area contributed by atoms with Crippen LogP contribution in [0.2, 0.25) is 0 Å². The SMILES string of the molecule is C=CCNCC(O)COc1ccccc1C(C)=O. The van der Waals surface area contributed by atoms with Gasteiger partial charge in [-0.3, -0.25) is 4.79 Å². The highest BCUT2D eigenvalue weighted by atomic mass is 16.5. The van der Waals surface area contributed by atoms with E-state index >= 15 is 0 Å². The van der Waals surface area contributed by atoms with Gasteiger partial charge in [-0.05, 0) is 19.1 Å². The van der Waals surface area contributed by atoms with Crippen LogP contribution in [0.1, 0.15) is 17.3 Å². The Morgan fingerprint density at radius 2 is 2.28 bits per heavy atom. The minimum atomic E-state index is -0.620. The van der Waals surface area contributed by atoms with Crippen LogP contribution in [0.4, 0.5) is 0 Å². The zero-order valence-electron chi connectivity index (χ0n) is 10.6. The van der Waals surface area contributed by atoms with E-state index in [4.69, 9.17) is 4.74 Å². The van der Waals surface area contributed by atoms with Crippen molar-refractivity contribution in [2.75, 3.05) is 19.7 Å². The van der Waals surface area contributed by atoms with Crippen LogP contribution in [0, 0.1) is 0 Å². The van der Waals surface area contributed by atoms with Crippen molar-refractivity contribution in [1.82, 2.24) is 5.32 Å². The summed E-state index contributed by atoms with van der Waals surface area (Å²) < 4.78 is 5.45. The number of aliphatic hydroxyl groups excluding tert-OH is 1. The Bertz CT molecular complexity index is 404. The van der Waals surface area contributed by atoms with Crippen LogP contribution in [-0.4, -0.2) is 36.7 Å².